The van der Waals surface area contributed by atoms with Crippen LogP contribution in [0.25, 0.3) is 0 Å². The number of sulfone groups is 1. The van der Waals surface area contributed by atoms with E-state index in [1.807, 2.05) is 0 Å². The fraction of sp³-hybridized carbons (Fsp3) is 0.300. The van der Waals surface area contributed by atoms with Crippen molar-refractivity contribution in [2.45, 2.75) is 6.54 Å². The number of carbonyl (C=O) groups excluding carboxylic acids is 1. The van der Waals surface area contributed by atoms with Crippen LogP contribution in [0.3, 0.4) is 0 Å². The number of rotatable bonds is 4. The van der Waals surface area contributed by atoms with Crippen LogP contribution in [0.4, 0.5) is 0 Å². The van der Waals surface area contributed by atoms with Crippen molar-refractivity contribution in [3.63, 3.8) is 0 Å². The Labute approximate surface area is 94.0 Å². The van der Waals surface area contributed by atoms with E-state index in [2.05, 4.69) is 5.32 Å². The molecule has 0 saturated heterocycles. The lowest BCUT2D eigenvalue weighted by Gasteiger charge is -2.04. The van der Waals surface area contributed by atoms with E-state index in [-0.39, 0.29) is 12.3 Å². The zero-order valence-corrected chi connectivity index (χ0v) is 9.62. The van der Waals surface area contributed by atoms with Crippen molar-refractivity contribution in [2.24, 2.45) is 0 Å². The summed E-state index contributed by atoms with van der Waals surface area (Å²) in [5.74, 6) is -0.966. The summed E-state index contributed by atoms with van der Waals surface area (Å²) in [6, 6.07) is 6.39. The highest BCUT2D eigenvalue weighted by Gasteiger charge is 2.09. The molecule has 0 aliphatic rings. The van der Waals surface area contributed by atoms with Crippen molar-refractivity contribution in [3.05, 3.63) is 29.8 Å². The van der Waals surface area contributed by atoms with Gasteiger partial charge in [0, 0.05) is 12.8 Å². The molecule has 0 aromatic heterocycles. The van der Waals surface area contributed by atoms with Crippen LogP contribution in [0.1, 0.15) is 5.56 Å². The largest absolute Gasteiger partial charge is 0.508 e. The second-order valence-corrected chi connectivity index (χ2v) is 5.66. The SMILES string of the molecule is CS(=O)(=O)CC(=O)NCc1cccc(O)c1. The summed E-state index contributed by atoms with van der Waals surface area (Å²) in [6.45, 7) is 0.197. The molecular weight excluding hydrogens is 230 g/mol. The summed E-state index contributed by atoms with van der Waals surface area (Å²) in [5.41, 5.74) is 0.710. The average molecular weight is 243 g/mol. The van der Waals surface area contributed by atoms with Gasteiger partial charge in [-0.25, -0.2) is 8.42 Å². The van der Waals surface area contributed by atoms with Crippen LogP contribution in [-0.2, 0) is 21.2 Å². The summed E-state index contributed by atoms with van der Waals surface area (Å²) in [4.78, 5) is 11.2. The van der Waals surface area contributed by atoms with Gasteiger partial charge in [0.1, 0.15) is 11.5 Å². The molecule has 88 valence electrons. The maximum Gasteiger partial charge on any atom is 0.235 e. The number of hydrogen-bond acceptors (Lipinski definition) is 4. The van der Waals surface area contributed by atoms with E-state index in [4.69, 9.17) is 5.11 Å². The van der Waals surface area contributed by atoms with Gasteiger partial charge in [0.2, 0.25) is 5.91 Å². The highest BCUT2D eigenvalue weighted by atomic mass is 32.2. The Morgan fingerprint density at radius 1 is 1.44 bits per heavy atom. The molecule has 1 amide bonds. The van der Waals surface area contributed by atoms with Gasteiger partial charge in [0.15, 0.2) is 9.84 Å². The molecule has 0 bridgehead atoms. The number of amides is 1. The molecule has 1 rings (SSSR count). The Kier molecular flexibility index (Phi) is 3.89. The number of benzene rings is 1. The molecule has 0 radical (unpaired) electrons. The molecule has 0 unspecified atom stereocenters. The van der Waals surface area contributed by atoms with Crippen LogP contribution < -0.4 is 5.32 Å². The molecule has 16 heavy (non-hydrogen) atoms. The average Bonchev–Trinajstić information content (AvgIpc) is 2.12. The van der Waals surface area contributed by atoms with Crippen LogP contribution in [0, 0.1) is 0 Å². The van der Waals surface area contributed by atoms with Gasteiger partial charge in [-0.15, -0.1) is 0 Å². The van der Waals surface area contributed by atoms with Crippen LogP contribution in [0.5, 0.6) is 5.75 Å². The second kappa shape index (κ2) is 4.98. The minimum absolute atomic E-state index is 0.106. The van der Waals surface area contributed by atoms with E-state index in [0.717, 1.165) is 6.26 Å². The molecule has 1 aromatic carbocycles. The van der Waals surface area contributed by atoms with Gasteiger partial charge < -0.3 is 10.4 Å². The first-order chi connectivity index (χ1) is 7.37. The van der Waals surface area contributed by atoms with Gasteiger partial charge in [0.05, 0.1) is 0 Å². The normalized spacial score (nSPS) is 11.1. The van der Waals surface area contributed by atoms with E-state index in [1.54, 1.807) is 12.1 Å². The summed E-state index contributed by atoms with van der Waals surface area (Å²) < 4.78 is 21.6. The molecule has 5 nitrogen and oxygen atoms in total. The number of nitrogens with one attached hydrogen (secondary N) is 1. The lowest BCUT2D eigenvalue weighted by Crippen LogP contribution is -2.29. The molecule has 1 aromatic rings. The molecular formula is C10H13NO4S. The predicted molar refractivity (Wildman–Crippen MR) is 59.7 cm³/mol. The van der Waals surface area contributed by atoms with Gasteiger partial charge in [-0.1, -0.05) is 12.1 Å². The van der Waals surface area contributed by atoms with Crippen molar-refractivity contribution in [2.75, 3.05) is 12.0 Å². The van der Waals surface area contributed by atoms with E-state index < -0.39 is 21.5 Å². The quantitative estimate of drug-likeness (QED) is 0.783. The van der Waals surface area contributed by atoms with Gasteiger partial charge in [-0.2, -0.15) is 0 Å². The van der Waals surface area contributed by atoms with Gasteiger partial charge >= 0.3 is 0 Å². The van der Waals surface area contributed by atoms with Crippen molar-refractivity contribution in [1.82, 2.24) is 5.32 Å². The minimum atomic E-state index is -3.30. The molecule has 2 N–H and O–H groups in total. The highest BCUT2D eigenvalue weighted by molar-refractivity contribution is 7.91. The summed E-state index contributed by atoms with van der Waals surface area (Å²) in [6.07, 6.45) is 1.00. The third kappa shape index (κ3) is 4.79. The number of carbonyl (C=O) groups is 1. The monoisotopic (exact) mass is 243 g/mol. The lowest BCUT2D eigenvalue weighted by atomic mass is 10.2. The topological polar surface area (TPSA) is 83.5 Å². The molecule has 0 aliphatic carbocycles. The predicted octanol–water partition coefficient (Wildman–Crippen LogP) is 0.0530. The first-order valence-electron chi connectivity index (χ1n) is 4.59. The van der Waals surface area contributed by atoms with Gasteiger partial charge in [-0.3, -0.25) is 4.79 Å². The molecule has 0 spiro atoms. The van der Waals surface area contributed by atoms with Gasteiger partial charge in [0.25, 0.3) is 0 Å². The van der Waals surface area contributed by atoms with E-state index >= 15 is 0 Å². The van der Waals surface area contributed by atoms with E-state index in [9.17, 15) is 13.2 Å². The second-order valence-electron chi connectivity index (χ2n) is 3.52. The zero-order chi connectivity index (χ0) is 12.2. The lowest BCUT2D eigenvalue weighted by molar-refractivity contribution is -0.118. The summed E-state index contributed by atoms with van der Waals surface area (Å²) in [5, 5.41) is 11.6. The molecule has 0 aliphatic heterocycles. The zero-order valence-electron chi connectivity index (χ0n) is 8.80. The fourth-order valence-corrected chi connectivity index (χ4v) is 1.73. The third-order valence-electron chi connectivity index (χ3n) is 1.79. The number of phenolic OH excluding ortho intramolecular Hbond substituents is 1. The molecule has 0 heterocycles. The number of phenols is 1. The first-order valence-corrected chi connectivity index (χ1v) is 6.65. The molecule has 0 saturated carbocycles. The first kappa shape index (κ1) is 12.5. The highest BCUT2D eigenvalue weighted by Crippen LogP contribution is 2.10. The Bertz CT molecular complexity index is 481. The van der Waals surface area contributed by atoms with E-state index in [0.29, 0.717) is 5.56 Å². The van der Waals surface area contributed by atoms with Crippen molar-refractivity contribution in [1.29, 1.82) is 0 Å². The molecule has 6 heteroatoms. The van der Waals surface area contributed by atoms with Crippen LogP contribution in [-0.4, -0.2) is 31.4 Å². The van der Waals surface area contributed by atoms with Gasteiger partial charge in [-0.05, 0) is 17.7 Å². The Morgan fingerprint density at radius 2 is 2.12 bits per heavy atom. The van der Waals surface area contributed by atoms with E-state index in [1.165, 1.54) is 12.1 Å². The van der Waals surface area contributed by atoms with Crippen LogP contribution >= 0.6 is 0 Å². The van der Waals surface area contributed by atoms with Crippen molar-refractivity contribution in [3.8, 4) is 5.75 Å². The molecule has 0 fully saturated rings. The fourth-order valence-electron chi connectivity index (χ4n) is 1.16. The standard InChI is InChI=1S/C10H13NO4S/c1-16(14,15)7-10(13)11-6-8-3-2-4-9(12)5-8/h2-5,12H,6-7H2,1H3,(H,11,13). The number of hydrogen-bond donors (Lipinski definition) is 2. The third-order valence-corrected chi connectivity index (χ3v) is 2.58. The maximum absolute atomic E-state index is 11.2. The molecule has 0 atom stereocenters. The van der Waals surface area contributed by atoms with Crippen molar-refractivity contribution >= 4 is 15.7 Å². The minimum Gasteiger partial charge on any atom is -0.508 e. The van der Waals surface area contributed by atoms with Crippen molar-refractivity contribution < 1.29 is 18.3 Å². The van der Waals surface area contributed by atoms with Crippen LogP contribution in [0.15, 0.2) is 24.3 Å². The Balaban J connectivity index is 2.49. The maximum atomic E-state index is 11.2. The summed E-state index contributed by atoms with van der Waals surface area (Å²) in [7, 11) is -3.30. The van der Waals surface area contributed by atoms with Crippen LogP contribution in [0.2, 0.25) is 0 Å². The summed E-state index contributed by atoms with van der Waals surface area (Å²) >= 11 is 0. The Morgan fingerprint density at radius 3 is 2.69 bits per heavy atom. The Hall–Kier alpha value is -1.56. The number of aromatic hydroxyl groups is 1. The smallest absolute Gasteiger partial charge is 0.235 e.